The van der Waals surface area contributed by atoms with Crippen molar-refractivity contribution in [3.8, 4) is 0 Å². The lowest BCUT2D eigenvalue weighted by atomic mass is 10.1. The Morgan fingerprint density at radius 1 is 1.41 bits per heavy atom. The number of esters is 1. The van der Waals surface area contributed by atoms with Gasteiger partial charge in [0, 0.05) is 6.92 Å². The molecule has 1 heterocycles. The predicted molar refractivity (Wildman–Crippen MR) is 64.5 cm³/mol. The van der Waals surface area contributed by atoms with Crippen molar-refractivity contribution in [2.45, 2.75) is 58.0 Å². The number of allylic oxidation sites excluding steroid dienone is 1. The van der Waals surface area contributed by atoms with Crippen molar-refractivity contribution < 1.29 is 19.0 Å². The number of rotatable bonds is 6. The quantitative estimate of drug-likeness (QED) is 0.407. The molecule has 0 unspecified atom stereocenters. The number of hydrogen-bond donors (Lipinski definition) is 0. The summed E-state index contributed by atoms with van der Waals surface area (Å²) in [6, 6.07) is 0. The van der Waals surface area contributed by atoms with Crippen LogP contribution in [0.3, 0.4) is 0 Å². The van der Waals surface area contributed by atoms with E-state index in [2.05, 4.69) is 6.58 Å². The third-order valence-corrected chi connectivity index (χ3v) is 2.63. The SMILES string of the molecule is C=CCCC[C@H]1OC(C)(C)O[C@@H]1COC(C)=O. The van der Waals surface area contributed by atoms with Crippen LogP contribution in [0.2, 0.25) is 0 Å². The van der Waals surface area contributed by atoms with Gasteiger partial charge >= 0.3 is 5.97 Å². The molecule has 0 aromatic heterocycles. The van der Waals surface area contributed by atoms with Crippen LogP contribution < -0.4 is 0 Å². The standard InChI is InChI=1S/C13H22O4/c1-5-6-7-8-11-12(9-15-10(2)14)17-13(3,4)16-11/h5,11-12H,1,6-9H2,2-4H3/t11-,12-/m1/s1. The smallest absolute Gasteiger partial charge is 0.302 e. The molecule has 17 heavy (non-hydrogen) atoms. The number of carbonyl (C=O) groups is 1. The van der Waals surface area contributed by atoms with Crippen molar-refractivity contribution in [3.63, 3.8) is 0 Å². The van der Waals surface area contributed by atoms with Crippen LogP contribution in [0.5, 0.6) is 0 Å². The Labute approximate surface area is 103 Å². The molecule has 4 heteroatoms. The van der Waals surface area contributed by atoms with Crippen LogP contribution in [0.4, 0.5) is 0 Å². The first-order valence-electron chi connectivity index (χ1n) is 6.04. The first kappa shape index (κ1) is 14.2. The number of ether oxygens (including phenoxy) is 3. The summed E-state index contributed by atoms with van der Waals surface area (Å²) >= 11 is 0. The summed E-state index contributed by atoms with van der Waals surface area (Å²) in [5.74, 6) is -0.882. The van der Waals surface area contributed by atoms with Crippen LogP contribution in [0.1, 0.15) is 40.0 Å². The van der Waals surface area contributed by atoms with Gasteiger partial charge in [-0.3, -0.25) is 4.79 Å². The van der Waals surface area contributed by atoms with Gasteiger partial charge in [0.1, 0.15) is 12.7 Å². The first-order valence-corrected chi connectivity index (χ1v) is 6.04. The molecule has 0 aromatic carbocycles. The average Bonchev–Trinajstić information content (AvgIpc) is 2.51. The van der Waals surface area contributed by atoms with E-state index in [1.807, 2.05) is 19.9 Å². The molecule has 0 aromatic rings. The zero-order valence-electron chi connectivity index (χ0n) is 10.9. The van der Waals surface area contributed by atoms with Crippen molar-refractivity contribution in [1.82, 2.24) is 0 Å². The summed E-state index contributed by atoms with van der Waals surface area (Å²) < 4.78 is 16.5. The lowest BCUT2D eigenvalue weighted by Gasteiger charge is -2.16. The van der Waals surface area contributed by atoms with Crippen LogP contribution in [-0.2, 0) is 19.0 Å². The Hall–Kier alpha value is -0.870. The van der Waals surface area contributed by atoms with E-state index in [1.165, 1.54) is 6.92 Å². The number of hydrogen-bond acceptors (Lipinski definition) is 4. The molecular formula is C13H22O4. The zero-order valence-corrected chi connectivity index (χ0v) is 10.9. The van der Waals surface area contributed by atoms with Gasteiger partial charge in [0.2, 0.25) is 0 Å². The van der Waals surface area contributed by atoms with Gasteiger partial charge in [-0.15, -0.1) is 6.58 Å². The largest absolute Gasteiger partial charge is 0.463 e. The first-order chi connectivity index (χ1) is 7.94. The van der Waals surface area contributed by atoms with E-state index in [0.717, 1.165) is 19.3 Å². The van der Waals surface area contributed by atoms with Gasteiger partial charge in [0.15, 0.2) is 5.79 Å². The van der Waals surface area contributed by atoms with E-state index >= 15 is 0 Å². The van der Waals surface area contributed by atoms with Gasteiger partial charge in [0.05, 0.1) is 6.10 Å². The highest BCUT2D eigenvalue weighted by Crippen LogP contribution is 2.31. The lowest BCUT2D eigenvalue weighted by Crippen LogP contribution is -2.28. The van der Waals surface area contributed by atoms with Gasteiger partial charge in [-0.1, -0.05) is 6.08 Å². The van der Waals surface area contributed by atoms with Crippen LogP contribution in [0.15, 0.2) is 12.7 Å². The van der Waals surface area contributed by atoms with E-state index in [0.29, 0.717) is 0 Å². The minimum atomic E-state index is -0.594. The minimum Gasteiger partial charge on any atom is -0.463 e. The van der Waals surface area contributed by atoms with Gasteiger partial charge < -0.3 is 14.2 Å². The molecule has 1 aliphatic rings. The summed E-state index contributed by atoms with van der Waals surface area (Å²) in [6.45, 7) is 9.10. The van der Waals surface area contributed by atoms with Crippen molar-refractivity contribution in [1.29, 1.82) is 0 Å². The Morgan fingerprint density at radius 2 is 2.06 bits per heavy atom. The predicted octanol–water partition coefficient (Wildman–Crippen LogP) is 2.43. The normalized spacial score (nSPS) is 26.8. The van der Waals surface area contributed by atoms with Gasteiger partial charge in [-0.2, -0.15) is 0 Å². The molecule has 1 fully saturated rings. The molecule has 0 spiro atoms. The van der Waals surface area contributed by atoms with Crippen molar-refractivity contribution in [2.24, 2.45) is 0 Å². The fourth-order valence-electron chi connectivity index (χ4n) is 1.96. The van der Waals surface area contributed by atoms with E-state index < -0.39 is 5.79 Å². The third kappa shape index (κ3) is 4.88. The van der Waals surface area contributed by atoms with Crippen LogP contribution >= 0.6 is 0 Å². The highest BCUT2D eigenvalue weighted by Gasteiger charge is 2.41. The maximum atomic E-state index is 10.8. The Balaban J connectivity index is 2.45. The maximum absolute atomic E-state index is 10.8. The Morgan fingerprint density at radius 3 is 2.65 bits per heavy atom. The summed E-state index contributed by atoms with van der Waals surface area (Å²) in [6.07, 6.45) is 4.57. The van der Waals surface area contributed by atoms with Crippen LogP contribution in [0.25, 0.3) is 0 Å². The monoisotopic (exact) mass is 242 g/mol. The van der Waals surface area contributed by atoms with Gasteiger partial charge in [-0.25, -0.2) is 0 Å². The molecular weight excluding hydrogens is 220 g/mol. The average molecular weight is 242 g/mol. The second-order valence-electron chi connectivity index (χ2n) is 4.73. The van der Waals surface area contributed by atoms with Gasteiger partial charge in [0.25, 0.3) is 0 Å². The second-order valence-corrected chi connectivity index (χ2v) is 4.73. The molecule has 0 N–H and O–H groups in total. The molecule has 4 nitrogen and oxygen atoms in total. The topological polar surface area (TPSA) is 44.8 Å². The van der Waals surface area contributed by atoms with E-state index in [9.17, 15) is 4.79 Å². The zero-order chi connectivity index (χ0) is 12.9. The molecule has 0 aliphatic carbocycles. The summed E-state index contributed by atoms with van der Waals surface area (Å²) in [5, 5.41) is 0. The molecule has 1 aliphatic heterocycles. The Bertz CT molecular complexity index is 273. The minimum absolute atomic E-state index is 0.00991. The second kappa shape index (κ2) is 6.17. The molecule has 2 atom stereocenters. The van der Waals surface area contributed by atoms with E-state index in [1.54, 1.807) is 0 Å². The molecule has 0 saturated carbocycles. The highest BCUT2D eigenvalue weighted by molar-refractivity contribution is 5.65. The molecule has 0 bridgehead atoms. The van der Waals surface area contributed by atoms with Crippen LogP contribution in [-0.4, -0.2) is 30.6 Å². The summed E-state index contributed by atoms with van der Waals surface area (Å²) in [5.41, 5.74) is 0. The van der Waals surface area contributed by atoms with Crippen molar-refractivity contribution >= 4 is 5.97 Å². The fourth-order valence-corrected chi connectivity index (χ4v) is 1.96. The maximum Gasteiger partial charge on any atom is 0.302 e. The van der Waals surface area contributed by atoms with Crippen molar-refractivity contribution in [3.05, 3.63) is 12.7 Å². The number of carbonyl (C=O) groups excluding carboxylic acids is 1. The molecule has 0 amide bonds. The van der Waals surface area contributed by atoms with Crippen LogP contribution in [0, 0.1) is 0 Å². The fraction of sp³-hybridized carbons (Fsp3) is 0.769. The van der Waals surface area contributed by atoms with Gasteiger partial charge in [-0.05, 0) is 33.1 Å². The Kier molecular flexibility index (Phi) is 5.15. The highest BCUT2D eigenvalue weighted by atomic mass is 16.8. The third-order valence-electron chi connectivity index (χ3n) is 2.63. The number of unbranched alkanes of at least 4 members (excludes halogenated alkanes) is 1. The molecule has 98 valence electrons. The summed E-state index contributed by atoms with van der Waals surface area (Å²) in [7, 11) is 0. The van der Waals surface area contributed by atoms with Crippen molar-refractivity contribution in [2.75, 3.05) is 6.61 Å². The summed E-state index contributed by atoms with van der Waals surface area (Å²) in [4.78, 5) is 10.8. The molecule has 1 rings (SSSR count). The lowest BCUT2D eigenvalue weighted by molar-refractivity contribution is -0.158. The van der Waals surface area contributed by atoms with E-state index in [-0.39, 0.29) is 24.8 Å². The van der Waals surface area contributed by atoms with E-state index in [4.69, 9.17) is 14.2 Å². The molecule has 0 radical (unpaired) electrons. The molecule has 1 saturated heterocycles.